The maximum atomic E-state index is 11.8. The molecule has 96 valence electrons. The second-order valence-corrected chi connectivity index (χ2v) is 4.83. The first kappa shape index (κ1) is 13.8. The van der Waals surface area contributed by atoms with E-state index in [-0.39, 0.29) is 5.91 Å². The average Bonchev–Trinajstić information content (AvgIpc) is 2.70. The zero-order valence-electron chi connectivity index (χ0n) is 10.7. The van der Waals surface area contributed by atoms with E-state index in [4.69, 9.17) is 5.73 Å². The second-order valence-electron chi connectivity index (χ2n) is 3.80. The first-order valence-corrected chi connectivity index (χ1v) is 6.88. The Morgan fingerprint density at radius 1 is 1.41 bits per heavy atom. The van der Waals surface area contributed by atoms with Crippen LogP contribution in [-0.4, -0.2) is 25.5 Å². The van der Waals surface area contributed by atoms with E-state index in [9.17, 15) is 4.79 Å². The van der Waals surface area contributed by atoms with E-state index >= 15 is 0 Å². The largest absolute Gasteiger partial charge is 0.397 e. The zero-order chi connectivity index (χ0) is 12.8. The van der Waals surface area contributed by atoms with E-state index in [0.29, 0.717) is 17.1 Å². The molecule has 0 atom stereocenters. The Labute approximate surface area is 107 Å². The van der Waals surface area contributed by atoms with Gasteiger partial charge in [0, 0.05) is 19.6 Å². The number of hydrogen-bond donors (Lipinski definition) is 2. The third kappa shape index (κ3) is 3.36. The van der Waals surface area contributed by atoms with Gasteiger partial charge in [-0.15, -0.1) is 11.3 Å². The molecule has 0 radical (unpaired) electrons. The Kier molecular flexibility index (Phi) is 5.28. The van der Waals surface area contributed by atoms with Crippen molar-refractivity contribution in [1.82, 2.24) is 5.32 Å². The van der Waals surface area contributed by atoms with Gasteiger partial charge in [0.2, 0.25) is 0 Å². The minimum Gasteiger partial charge on any atom is -0.397 e. The molecule has 3 N–H and O–H groups in total. The molecule has 0 aliphatic rings. The zero-order valence-corrected chi connectivity index (χ0v) is 11.6. The summed E-state index contributed by atoms with van der Waals surface area (Å²) in [4.78, 5) is 14.7. The first-order valence-electron chi connectivity index (χ1n) is 6.06. The second kappa shape index (κ2) is 6.49. The lowest BCUT2D eigenvalue weighted by Gasteiger charge is -2.17. The van der Waals surface area contributed by atoms with Gasteiger partial charge in [-0.1, -0.05) is 6.92 Å². The molecular weight excluding hydrogens is 234 g/mol. The molecule has 0 saturated heterocycles. The van der Waals surface area contributed by atoms with Crippen LogP contribution in [0, 0.1) is 0 Å². The first-order chi connectivity index (χ1) is 8.13. The number of rotatable bonds is 6. The number of nitrogens with two attached hydrogens (primary N) is 1. The summed E-state index contributed by atoms with van der Waals surface area (Å²) in [6.07, 6.45) is 0.930. The fourth-order valence-electron chi connectivity index (χ4n) is 1.58. The van der Waals surface area contributed by atoms with Crippen LogP contribution in [-0.2, 0) is 0 Å². The normalized spacial score (nSPS) is 10.3. The molecule has 0 bridgehead atoms. The summed E-state index contributed by atoms with van der Waals surface area (Å²) in [6.45, 7) is 8.75. The minimum absolute atomic E-state index is 0.0623. The number of thiophene rings is 1. The lowest BCUT2D eigenvalue weighted by Crippen LogP contribution is -2.23. The third-order valence-corrected chi connectivity index (χ3v) is 3.78. The van der Waals surface area contributed by atoms with Crippen molar-refractivity contribution in [1.29, 1.82) is 0 Å². The number of nitrogens with one attached hydrogen (secondary N) is 1. The molecular formula is C12H21N3OS. The van der Waals surface area contributed by atoms with Gasteiger partial charge in [0.05, 0.1) is 10.7 Å². The topological polar surface area (TPSA) is 58.4 Å². The summed E-state index contributed by atoms with van der Waals surface area (Å²) in [5, 5.41) is 3.91. The minimum atomic E-state index is -0.0623. The molecule has 4 nitrogen and oxygen atoms in total. The number of hydrogen-bond acceptors (Lipinski definition) is 4. The number of nitrogen functional groups attached to an aromatic ring is 1. The molecule has 0 aliphatic carbocycles. The number of carbonyl (C=O) groups is 1. The van der Waals surface area contributed by atoms with Crippen molar-refractivity contribution in [3.63, 3.8) is 0 Å². The van der Waals surface area contributed by atoms with E-state index in [1.54, 1.807) is 0 Å². The van der Waals surface area contributed by atoms with E-state index in [2.05, 4.69) is 24.1 Å². The highest BCUT2D eigenvalue weighted by molar-refractivity contribution is 7.18. The monoisotopic (exact) mass is 255 g/mol. The third-order valence-electron chi connectivity index (χ3n) is 2.56. The van der Waals surface area contributed by atoms with Crippen LogP contribution < -0.4 is 16.0 Å². The lowest BCUT2D eigenvalue weighted by atomic mass is 10.3. The molecule has 17 heavy (non-hydrogen) atoms. The van der Waals surface area contributed by atoms with Crippen LogP contribution in [0.2, 0.25) is 0 Å². The lowest BCUT2D eigenvalue weighted by molar-refractivity contribution is 0.0958. The highest BCUT2D eigenvalue weighted by Gasteiger charge is 2.16. The molecule has 0 saturated carbocycles. The number of anilines is 2. The van der Waals surface area contributed by atoms with Gasteiger partial charge in [-0.2, -0.15) is 0 Å². The van der Waals surface area contributed by atoms with Gasteiger partial charge in [-0.05, 0) is 26.3 Å². The van der Waals surface area contributed by atoms with Gasteiger partial charge < -0.3 is 16.0 Å². The molecule has 0 spiro atoms. The molecule has 1 rings (SSSR count). The van der Waals surface area contributed by atoms with E-state index in [1.807, 2.05) is 13.0 Å². The van der Waals surface area contributed by atoms with Crippen molar-refractivity contribution in [2.45, 2.75) is 27.2 Å². The predicted octanol–water partition coefficient (Wildman–Crippen LogP) is 2.32. The molecule has 0 aliphatic heterocycles. The Bertz CT molecular complexity index is 372. The van der Waals surface area contributed by atoms with E-state index < -0.39 is 0 Å². The average molecular weight is 255 g/mol. The summed E-state index contributed by atoms with van der Waals surface area (Å²) in [5.74, 6) is -0.0623. The van der Waals surface area contributed by atoms with Crippen molar-refractivity contribution >= 4 is 27.9 Å². The van der Waals surface area contributed by atoms with Gasteiger partial charge in [-0.3, -0.25) is 4.79 Å². The van der Waals surface area contributed by atoms with Crippen LogP contribution in [0.25, 0.3) is 0 Å². The van der Waals surface area contributed by atoms with Crippen LogP contribution in [0.5, 0.6) is 0 Å². The molecule has 0 unspecified atom stereocenters. The number of carbonyl (C=O) groups excluding carboxylic acids is 1. The van der Waals surface area contributed by atoms with Gasteiger partial charge >= 0.3 is 0 Å². The number of nitrogens with zero attached hydrogens (tertiary/aromatic N) is 1. The smallest absolute Gasteiger partial charge is 0.263 e. The maximum absolute atomic E-state index is 11.8. The van der Waals surface area contributed by atoms with Crippen LogP contribution >= 0.6 is 11.3 Å². The van der Waals surface area contributed by atoms with Crippen molar-refractivity contribution in [3.8, 4) is 0 Å². The van der Waals surface area contributed by atoms with Gasteiger partial charge in [-0.25, -0.2) is 0 Å². The molecule has 1 amide bonds. The highest BCUT2D eigenvalue weighted by atomic mass is 32.1. The van der Waals surface area contributed by atoms with Crippen LogP contribution in [0.4, 0.5) is 10.7 Å². The Balaban J connectivity index is 2.84. The SMILES string of the molecule is CCCNC(=O)c1sc(N(CC)CC)cc1N. The summed E-state index contributed by atoms with van der Waals surface area (Å²) < 4.78 is 0. The summed E-state index contributed by atoms with van der Waals surface area (Å²) in [6, 6.07) is 1.89. The Morgan fingerprint density at radius 3 is 2.59 bits per heavy atom. The predicted molar refractivity (Wildman–Crippen MR) is 74.9 cm³/mol. The summed E-state index contributed by atoms with van der Waals surface area (Å²) in [5.41, 5.74) is 6.46. The fraction of sp³-hybridized carbons (Fsp3) is 0.583. The van der Waals surface area contributed by atoms with Gasteiger partial charge in [0.25, 0.3) is 5.91 Å². The quantitative estimate of drug-likeness (QED) is 0.820. The van der Waals surface area contributed by atoms with Crippen molar-refractivity contribution < 1.29 is 4.79 Å². The van der Waals surface area contributed by atoms with Crippen molar-refractivity contribution in [2.75, 3.05) is 30.3 Å². The molecule has 0 aromatic carbocycles. The molecule has 1 aromatic heterocycles. The highest BCUT2D eigenvalue weighted by Crippen LogP contribution is 2.31. The number of amides is 1. The maximum Gasteiger partial charge on any atom is 0.263 e. The van der Waals surface area contributed by atoms with E-state index in [1.165, 1.54) is 11.3 Å². The molecule has 5 heteroatoms. The van der Waals surface area contributed by atoms with Crippen LogP contribution in [0.3, 0.4) is 0 Å². The molecule has 0 fully saturated rings. The molecule has 1 aromatic rings. The van der Waals surface area contributed by atoms with Gasteiger partial charge in [0.15, 0.2) is 0 Å². The van der Waals surface area contributed by atoms with Gasteiger partial charge in [0.1, 0.15) is 4.88 Å². The summed E-state index contributed by atoms with van der Waals surface area (Å²) in [7, 11) is 0. The fourth-order valence-corrected chi connectivity index (χ4v) is 2.70. The van der Waals surface area contributed by atoms with Crippen LogP contribution in [0.15, 0.2) is 6.07 Å². The van der Waals surface area contributed by atoms with E-state index in [0.717, 1.165) is 24.5 Å². The van der Waals surface area contributed by atoms with Crippen LogP contribution in [0.1, 0.15) is 36.9 Å². The standard InChI is InChI=1S/C12H21N3OS/c1-4-7-14-12(16)11-9(13)8-10(17-11)15(5-2)6-3/h8H,4-7,13H2,1-3H3,(H,14,16). The summed E-state index contributed by atoms with van der Waals surface area (Å²) >= 11 is 1.46. The van der Waals surface area contributed by atoms with Crippen molar-refractivity contribution in [2.24, 2.45) is 0 Å². The Morgan fingerprint density at radius 2 is 2.06 bits per heavy atom. The molecule has 1 heterocycles. The van der Waals surface area contributed by atoms with Crippen molar-refractivity contribution in [3.05, 3.63) is 10.9 Å². The Hall–Kier alpha value is -1.23.